The Kier molecular flexibility index (Phi) is 5.51. The highest BCUT2D eigenvalue weighted by atomic mass is 32.2. The number of nitrogens with zero attached hydrogens (tertiary/aromatic N) is 4. The number of anilines is 1. The quantitative estimate of drug-likeness (QED) is 0.398. The van der Waals surface area contributed by atoms with Gasteiger partial charge >= 0.3 is 5.97 Å². The molecule has 0 atom stereocenters. The number of nitrogens with one attached hydrogen (secondary N) is 1. The lowest BCUT2D eigenvalue weighted by atomic mass is 10.3. The third-order valence-electron chi connectivity index (χ3n) is 2.93. The van der Waals surface area contributed by atoms with Crippen LogP contribution in [0.25, 0.3) is 11.0 Å². The van der Waals surface area contributed by atoms with Crippen LogP contribution < -0.4 is 5.32 Å². The Morgan fingerprint density at radius 2 is 2.04 bits per heavy atom. The number of hydrogen-bond acceptors (Lipinski definition) is 9. The topological polar surface area (TPSA) is 107 Å². The van der Waals surface area contributed by atoms with Crippen LogP contribution in [-0.2, 0) is 9.53 Å². The van der Waals surface area contributed by atoms with E-state index in [-0.39, 0.29) is 17.4 Å². The highest BCUT2D eigenvalue weighted by Gasteiger charge is 2.14. The predicted molar refractivity (Wildman–Crippen MR) is 94.8 cm³/mol. The van der Waals surface area contributed by atoms with Gasteiger partial charge < -0.3 is 4.74 Å². The van der Waals surface area contributed by atoms with Crippen LogP contribution in [0.2, 0.25) is 0 Å². The number of fused-ring (bicyclic) bond motifs is 1. The lowest BCUT2D eigenvalue weighted by molar-refractivity contribution is -0.139. The van der Waals surface area contributed by atoms with Crippen molar-refractivity contribution < 1.29 is 14.3 Å². The molecule has 0 aliphatic carbocycles. The molecule has 0 spiro atoms. The lowest BCUT2D eigenvalue weighted by Crippen LogP contribution is -2.14. The first kappa shape index (κ1) is 17.2. The minimum absolute atomic E-state index is 0.145. The zero-order valence-electron chi connectivity index (χ0n) is 13.1. The van der Waals surface area contributed by atoms with Gasteiger partial charge in [-0.3, -0.25) is 19.9 Å². The maximum atomic E-state index is 12.3. The highest BCUT2D eigenvalue weighted by Crippen LogP contribution is 2.25. The van der Waals surface area contributed by atoms with Gasteiger partial charge in [-0.15, -0.1) is 10.2 Å². The maximum Gasteiger partial charge on any atom is 0.316 e. The van der Waals surface area contributed by atoms with E-state index >= 15 is 0 Å². The number of hydrogen-bond donors (Lipinski definition) is 1. The molecule has 2 heterocycles. The van der Waals surface area contributed by atoms with E-state index in [9.17, 15) is 9.59 Å². The zero-order chi connectivity index (χ0) is 17.6. The summed E-state index contributed by atoms with van der Waals surface area (Å²) in [6, 6.07) is 7.29. The molecule has 0 bridgehead atoms. The molecule has 10 heteroatoms. The van der Waals surface area contributed by atoms with Crippen LogP contribution >= 0.6 is 23.1 Å². The first-order valence-corrected chi connectivity index (χ1v) is 9.11. The van der Waals surface area contributed by atoms with Crippen LogP contribution in [0.3, 0.4) is 0 Å². The van der Waals surface area contributed by atoms with Crippen molar-refractivity contribution in [2.45, 2.75) is 11.3 Å². The number of carbonyl (C=O) groups is 2. The highest BCUT2D eigenvalue weighted by molar-refractivity contribution is 8.01. The van der Waals surface area contributed by atoms with Crippen LogP contribution in [0, 0.1) is 0 Å². The van der Waals surface area contributed by atoms with Crippen molar-refractivity contribution in [3.8, 4) is 0 Å². The van der Waals surface area contributed by atoms with Crippen LogP contribution in [0.5, 0.6) is 0 Å². The molecule has 0 radical (unpaired) electrons. The standard InChI is InChI=1S/C15H13N5O3S2/c1-2-23-12(21)8-24-15-20-19-14(25-15)18-13(22)11-7-16-9-5-3-4-6-10(9)17-11/h3-7H,2,8H2,1H3,(H,18,19,22). The Balaban J connectivity index is 1.63. The summed E-state index contributed by atoms with van der Waals surface area (Å²) < 4.78 is 5.40. The molecule has 1 amide bonds. The van der Waals surface area contributed by atoms with Gasteiger partial charge in [0.2, 0.25) is 5.13 Å². The molecule has 1 aromatic carbocycles. The molecule has 1 N–H and O–H groups in total. The number of rotatable bonds is 6. The monoisotopic (exact) mass is 375 g/mol. The average Bonchev–Trinajstić information content (AvgIpc) is 3.07. The van der Waals surface area contributed by atoms with Gasteiger partial charge in [-0.05, 0) is 19.1 Å². The van der Waals surface area contributed by atoms with Crippen molar-refractivity contribution in [3.05, 3.63) is 36.2 Å². The van der Waals surface area contributed by atoms with Crippen LogP contribution in [-0.4, -0.2) is 44.4 Å². The molecular formula is C15H13N5O3S2. The Morgan fingerprint density at radius 3 is 2.84 bits per heavy atom. The zero-order valence-corrected chi connectivity index (χ0v) is 14.8. The fraction of sp³-hybridized carbons (Fsp3) is 0.200. The molecule has 0 saturated heterocycles. The van der Waals surface area contributed by atoms with Crippen molar-refractivity contribution in [1.82, 2.24) is 20.2 Å². The van der Waals surface area contributed by atoms with Crippen LogP contribution in [0.1, 0.15) is 17.4 Å². The number of benzene rings is 1. The number of ether oxygens (including phenoxy) is 1. The Bertz CT molecular complexity index is 915. The van der Waals surface area contributed by atoms with Crippen molar-refractivity contribution in [1.29, 1.82) is 0 Å². The van der Waals surface area contributed by atoms with Gasteiger partial charge in [-0.1, -0.05) is 35.2 Å². The number of aromatic nitrogens is 4. The molecule has 8 nitrogen and oxygen atoms in total. The molecule has 0 aliphatic heterocycles. The summed E-state index contributed by atoms with van der Waals surface area (Å²) in [6.07, 6.45) is 1.41. The van der Waals surface area contributed by atoms with E-state index in [0.29, 0.717) is 27.1 Å². The number of amides is 1. The molecule has 0 fully saturated rings. The first-order chi connectivity index (χ1) is 12.2. The second-order valence-corrected chi connectivity index (χ2v) is 6.86. The van der Waals surface area contributed by atoms with Crippen LogP contribution in [0.15, 0.2) is 34.8 Å². The van der Waals surface area contributed by atoms with Gasteiger partial charge in [0.25, 0.3) is 5.91 Å². The molecule has 2 aromatic heterocycles. The third-order valence-corrected chi connectivity index (χ3v) is 4.87. The molecule has 0 aliphatic rings. The molecule has 0 saturated carbocycles. The molecule has 0 unspecified atom stereocenters. The fourth-order valence-electron chi connectivity index (χ4n) is 1.87. The number of carbonyl (C=O) groups excluding carboxylic acids is 2. The van der Waals surface area contributed by atoms with Crippen LogP contribution in [0.4, 0.5) is 5.13 Å². The second kappa shape index (κ2) is 7.99. The Hall–Kier alpha value is -2.59. The van der Waals surface area contributed by atoms with E-state index < -0.39 is 5.91 Å². The van der Waals surface area contributed by atoms with E-state index in [0.717, 1.165) is 0 Å². The van der Waals surface area contributed by atoms with Gasteiger partial charge in [0.15, 0.2) is 4.34 Å². The summed E-state index contributed by atoms with van der Waals surface area (Å²) in [5, 5.41) is 10.8. The molecule has 128 valence electrons. The largest absolute Gasteiger partial charge is 0.465 e. The van der Waals surface area contributed by atoms with Crippen molar-refractivity contribution in [2.24, 2.45) is 0 Å². The number of esters is 1. The Labute approximate surface area is 151 Å². The van der Waals surface area contributed by atoms with Crippen molar-refractivity contribution >= 4 is 51.1 Å². The van der Waals surface area contributed by atoms with E-state index in [1.807, 2.05) is 18.2 Å². The smallest absolute Gasteiger partial charge is 0.316 e. The van der Waals surface area contributed by atoms with Crippen molar-refractivity contribution in [3.63, 3.8) is 0 Å². The Morgan fingerprint density at radius 1 is 1.24 bits per heavy atom. The summed E-state index contributed by atoms with van der Waals surface area (Å²) in [5.41, 5.74) is 1.54. The fourth-order valence-corrected chi connectivity index (χ4v) is 3.41. The minimum atomic E-state index is -0.420. The summed E-state index contributed by atoms with van der Waals surface area (Å²) >= 11 is 2.38. The second-order valence-electron chi connectivity index (χ2n) is 4.66. The predicted octanol–water partition coefficient (Wildman–Crippen LogP) is 2.39. The van der Waals surface area contributed by atoms with E-state index in [2.05, 4.69) is 25.5 Å². The molecule has 3 aromatic rings. The molecular weight excluding hydrogens is 362 g/mol. The molecule has 3 rings (SSSR count). The maximum absolute atomic E-state index is 12.3. The summed E-state index contributed by atoms with van der Waals surface area (Å²) in [5.74, 6) is -0.594. The molecule has 25 heavy (non-hydrogen) atoms. The summed E-state index contributed by atoms with van der Waals surface area (Å²) in [6.45, 7) is 2.08. The van der Waals surface area contributed by atoms with E-state index in [1.165, 1.54) is 29.3 Å². The SMILES string of the molecule is CCOC(=O)CSc1nnc(NC(=O)c2cnc3ccccc3n2)s1. The van der Waals surface area contributed by atoms with Gasteiger partial charge in [-0.25, -0.2) is 4.98 Å². The normalized spacial score (nSPS) is 10.6. The van der Waals surface area contributed by atoms with E-state index in [1.54, 1.807) is 13.0 Å². The third kappa shape index (κ3) is 4.48. The number of thioether (sulfide) groups is 1. The lowest BCUT2D eigenvalue weighted by Gasteiger charge is -2.01. The number of para-hydroxylation sites is 2. The van der Waals surface area contributed by atoms with Gasteiger partial charge in [0, 0.05) is 0 Å². The van der Waals surface area contributed by atoms with Gasteiger partial charge in [0.05, 0.1) is 29.6 Å². The first-order valence-electron chi connectivity index (χ1n) is 7.31. The summed E-state index contributed by atoms with van der Waals surface area (Å²) in [4.78, 5) is 32.1. The van der Waals surface area contributed by atoms with E-state index in [4.69, 9.17) is 4.74 Å². The van der Waals surface area contributed by atoms with Gasteiger partial charge in [0.1, 0.15) is 5.69 Å². The average molecular weight is 375 g/mol. The minimum Gasteiger partial charge on any atom is -0.465 e. The summed E-state index contributed by atoms with van der Waals surface area (Å²) in [7, 11) is 0. The van der Waals surface area contributed by atoms with Crippen molar-refractivity contribution in [2.75, 3.05) is 17.7 Å². The van der Waals surface area contributed by atoms with Gasteiger partial charge in [-0.2, -0.15) is 0 Å².